The minimum absolute atomic E-state index is 0.104. The molecule has 134 valence electrons. The van der Waals surface area contributed by atoms with Crippen LogP contribution in [0, 0.1) is 6.92 Å². The highest BCUT2D eigenvalue weighted by atomic mass is 16.5. The molecule has 1 aromatic carbocycles. The van der Waals surface area contributed by atoms with Crippen molar-refractivity contribution in [2.45, 2.75) is 46.0 Å². The molecule has 1 heterocycles. The van der Waals surface area contributed by atoms with E-state index in [1.54, 1.807) is 13.0 Å². The average molecular weight is 344 g/mol. The van der Waals surface area contributed by atoms with Crippen molar-refractivity contribution in [2.24, 2.45) is 0 Å². The van der Waals surface area contributed by atoms with E-state index in [1.807, 2.05) is 12.1 Å². The lowest BCUT2D eigenvalue weighted by Gasteiger charge is -2.19. The van der Waals surface area contributed by atoms with E-state index in [9.17, 15) is 9.59 Å². The maximum atomic E-state index is 11.8. The number of rotatable bonds is 6. The molecule has 0 saturated carbocycles. The topological polar surface area (TPSA) is 81.4 Å². The third kappa shape index (κ3) is 6.06. The first kappa shape index (κ1) is 18.7. The Kier molecular flexibility index (Phi) is 5.96. The number of aryl methyl sites for hydroxylation is 2. The molecule has 2 rings (SSSR count). The number of ether oxygens (including phenoxy) is 1. The molecule has 0 spiro atoms. The SMILES string of the molecule is Cc1cc(NC(=O)COC(=O)CCc2ccc(C(C)(C)C)cc2)no1. The van der Waals surface area contributed by atoms with E-state index >= 15 is 0 Å². The molecule has 0 aliphatic heterocycles. The van der Waals surface area contributed by atoms with Gasteiger partial charge in [0.25, 0.3) is 5.91 Å². The second kappa shape index (κ2) is 7.96. The molecule has 1 N–H and O–H groups in total. The van der Waals surface area contributed by atoms with Gasteiger partial charge in [0.05, 0.1) is 0 Å². The molecule has 0 radical (unpaired) electrons. The van der Waals surface area contributed by atoms with Crippen LogP contribution in [-0.2, 0) is 26.2 Å². The molecule has 0 bridgehead atoms. The van der Waals surface area contributed by atoms with Gasteiger partial charge in [-0.3, -0.25) is 9.59 Å². The average Bonchev–Trinajstić information content (AvgIpc) is 2.95. The Morgan fingerprint density at radius 2 is 1.88 bits per heavy atom. The van der Waals surface area contributed by atoms with Crippen molar-refractivity contribution >= 4 is 17.7 Å². The molecule has 2 aromatic rings. The maximum absolute atomic E-state index is 11.8. The Bertz CT molecular complexity index is 727. The molecule has 1 amide bonds. The molecule has 0 unspecified atom stereocenters. The van der Waals surface area contributed by atoms with Crippen LogP contribution in [0.4, 0.5) is 5.82 Å². The molecule has 6 heteroatoms. The van der Waals surface area contributed by atoms with Crippen molar-refractivity contribution in [1.82, 2.24) is 5.16 Å². The first-order valence-corrected chi connectivity index (χ1v) is 8.22. The quantitative estimate of drug-likeness (QED) is 0.812. The van der Waals surface area contributed by atoms with Gasteiger partial charge in [-0.15, -0.1) is 0 Å². The second-order valence-corrected chi connectivity index (χ2v) is 6.98. The monoisotopic (exact) mass is 344 g/mol. The van der Waals surface area contributed by atoms with Crippen molar-refractivity contribution in [2.75, 3.05) is 11.9 Å². The Morgan fingerprint density at radius 1 is 1.20 bits per heavy atom. The molecule has 0 fully saturated rings. The molecule has 0 saturated heterocycles. The Hall–Kier alpha value is -2.63. The highest BCUT2D eigenvalue weighted by Crippen LogP contribution is 2.22. The van der Waals surface area contributed by atoms with Gasteiger partial charge in [0.1, 0.15) is 5.76 Å². The number of aromatic nitrogens is 1. The van der Waals surface area contributed by atoms with Crippen LogP contribution in [-0.4, -0.2) is 23.6 Å². The van der Waals surface area contributed by atoms with Gasteiger partial charge in [-0.25, -0.2) is 0 Å². The van der Waals surface area contributed by atoms with E-state index in [4.69, 9.17) is 9.26 Å². The van der Waals surface area contributed by atoms with Crippen molar-refractivity contribution in [3.8, 4) is 0 Å². The van der Waals surface area contributed by atoms with Crippen LogP contribution in [0.25, 0.3) is 0 Å². The lowest BCUT2D eigenvalue weighted by atomic mass is 9.86. The number of amides is 1. The first-order chi connectivity index (χ1) is 11.7. The lowest BCUT2D eigenvalue weighted by molar-refractivity contribution is -0.147. The molecule has 0 aliphatic rings. The number of hydrogen-bond acceptors (Lipinski definition) is 5. The van der Waals surface area contributed by atoms with Crippen molar-refractivity contribution in [3.05, 3.63) is 47.2 Å². The Morgan fingerprint density at radius 3 is 2.44 bits per heavy atom. The summed E-state index contributed by atoms with van der Waals surface area (Å²) in [7, 11) is 0. The van der Waals surface area contributed by atoms with Crippen LogP contribution < -0.4 is 5.32 Å². The van der Waals surface area contributed by atoms with Gasteiger partial charge in [0, 0.05) is 12.5 Å². The first-order valence-electron chi connectivity index (χ1n) is 8.22. The molecule has 0 aliphatic carbocycles. The van der Waals surface area contributed by atoms with Gasteiger partial charge in [0.15, 0.2) is 12.4 Å². The summed E-state index contributed by atoms with van der Waals surface area (Å²) < 4.78 is 9.81. The third-order valence-electron chi connectivity index (χ3n) is 3.70. The summed E-state index contributed by atoms with van der Waals surface area (Å²) in [5, 5.41) is 6.13. The molecule has 0 atom stereocenters. The number of carbonyl (C=O) groups is 2. The van der Waals surface area contributed by atoms with Gasteiger partial charge < -0.3 is 14.6 Å². The van der Waals surface area contributed by atoms with Gasteiger partial charge in [0.2, 0.25) is 0 Å². The second-order valence-electron chi connectivity index (χ2n) is 6.98. The predicted octanol–water partition coefficient (Wildman–Crippen LogP) is 3.40. The van der Waals surface area contributed by atoms with Crippen LogP contribution in [0.5, 0.6) is 0 Å². The van der Waals surface area contributed by atoms with Crippen LogP contribution in [0.1, 0.15) is 44.1 Å². The summed E-state index contributed by atoms with van der Waals surface area (Å²) in [4.78, 5) is 23.4. The molecular weight excluding hydrogens is 320 g/mol. The van der Waals surface area contributed by atoms with E-state index in [2.05, 4.69) is 43.4 Å². The minimum atomic E-state index is -0.448. The number of esters is 1. The summed E-state index contributed by atoms with van der Waals surface area (Å²) in [5.74, 6) is 0.0322. The zero-order chi connectivity index (χ0) is 18.4. The number of nitrogens with zero attached hydrogens (tertiary/aromatic N) is 1. The fourth-order valence-electron chi connectivity index (χ4n) is 2.24. The van der Waals surface area contributed by atoms with Crippen LogP contribution in [0.2, 0.25) is 0 Å². The van der Waals surface area contributed by atoms with Crippen molar-refractivity contribution in [1.29, 1.82) is 0 Å². The summed E-state index contributed by atoms with van der Waals surface area (Å²) >= 11 is 0. The van der Waals surface area contributed by atoms with Gasteiger partial charge in [-0.2, -0.15) is 0 Å². The molecular formula is C19H24N2O4. The van der Waals surface area contributed by atoms with Crippen molar-refractivity contribution in [3.63, 3.8) is 0 Å². The standard InChI is InChI=1S/C19H24N2O4/c1-13-11-16(21-25-13)20-17(22)12-24-18(23)10-7-14-5-8-15(9-6-14)19(2,3)4/h5-6,8-9,11H,7,10,12H2,1-4H3,(H,20,21,22). The van der Waals surface area contributed by atoms with E-state index < -0.39 is 11.9 Å². The van der Waals surface area contributed by atoms with Gasteiger partial charge >= 0.3 is 5.97 Å². The van der Waals surface area contributed by atoms with Crippen LogP contribution in [0.15, 0.2) is 34.9 Å². The van der Waals surface area contributed by atoms with Crippen molar-refractivity contribution < 1.29 is 18.8 Å². The summed E-state index contributed by atoms with van der Waals surface area (Å²) in [6, 6.07) is 9.78. The highest BCUT2D eigenvalue weighted by Gasteiger charge is 2.13. The zero-order valence-corrected chi connectivity index (χ0v) is 15.1. The number of nitrogens with one attached hydrogen (secondary N) is 1. The van der Waals surface area contributed by atoms with Crippen LogP contribution in [0.3, 0.4) is 0 Å². The minimum Gasteiger partial charge on any atom is -0.456 e. The normalized spacial score (nSPS) is 11.2. The fraction of sp³-hybridized carbons (Fsp3) is 0.421. The zero-order valence-electron chi connectivity index (χ0n) is 15.1. The summed E-state index contributed by atoms with van der Waals surface area (Å²) in [6.45, 7) is 7.85. The largest absolute Gasteiger partial charge is 0.456 e. The maximum Gasteiger partial charge on any atom is 0.306 e. The number of benzene rings is 1. The Labute approximate surface area is 147 Å². The number of anilines is 1. The van der Waals surface area contributed by atoms with E-state index in [0.29, 0.717) is 18.0 Å². The highest BCUT2D eigenvalue weighted by molar-refractivity contribution is 5.91. The van der Waals surface area contributed by atoms with Gasteiger partial charge in [-0.05, 0) is 29.9 Å². The third-order valence-corrected chi connectivity index (χ3v) is 3.70. The number of hydrogen-bond donors (Lipinski definition) is 1. The number of carbonyl (C=O) groups excluding carboxylic acids is 2. The van der Waals surface area contributed by atoms with Gasteiger partial charge in [-0.1, -0.05) is 50.2 Å². The van der Waals surface area contributed by atoms with E-state index in [-0.39, 0.29) is 18.4 Å². The summed E-state index contributed by atoms with van der Waals surface area (Å²) in [5.41, 5.74) is 2.42. The Balaban J connectivity index is 1.72. The lowest BCUT2D eigenvalue weighted by Crippen LogP contribution is -2.21. The van der Waals surface area contributed by atoms with Crippen LogP contribution >= 0.6 is 0 Å². The summed E-state index contributed by atoms with van der Waals surface area (Å²) in [6.07, 6.45) is 0.804. The predicted molar refractivity (Wildman–Crippen MR) is 94.3 cm³/mol. The molecule has 1 aromatic heterocycles. The fourth-order valence-corrected chi connectivity index (χ4v) is 2.24. The molecule has 25 heavy (non-hydrogen) atoms. The molecule has 6 nitrogen and oxygen atoms in total. The smallest absolute Gasteiger partial charge is 0.306 e. The van der Waals surface area contributed by atoms with E-state index in [1.165, 1.54) is 5.56 Å². The van der Waals surface area contributed by atoms with E-state index in [0.717, 1.165) is 5.56 Å².